The molecular formula is C14H21NO2. The highest BCUT2D eigenvalue weighted by molar-refractivity contribution is 5.75. The third kappa shape index (κ3) is 4.19. The predicted octanol–water partition coefficient (Wildman–Crippen LogP) is 2.25. The number of aliphatic hydroxyl groups excluding tert-OH is 1. The largest absolute Gasteiger partial charge is 0.388 e. The summed E-state index contributed by atoms with van der Waals surface area (Å²) in [5.41, 5.74) is 3.27. The molecule has 0 saturated carbocycles. The van der Waals surface area contributed by atoms with E-state index in [9.17, 15) is 9.90 Å². The monoisotopic (exact) mass is 235 g/mol. The number of rotatable bonds is 5. The first-order valence-electron chi connectivity index (χ1n) is 6.06. The summed E-state index contributed by atoms with van der Waals surface area (Å²) in [5.74, 6) is -0.00427. The van der Waals surface area contributed by atoms with Gasteiger partial charge in [0, 0.05) is 13.0 Å². The highest BCUT2D eigenvalue weighted by atomic mass is 16.3. The van der Waals surface area contributed by atoms with E-state index in [-0.39, 0.29) is 5.91 Å². The van der Waals surface area contributed by atoms with Crippen molar-refractivity contribution in [1.82, 2.24) is 5.32 Å². The Morgan fingerprint density at radius 2 is 2.06 bits per heavy atom. The van der Waals surface area contributed by atoms with Crippen molar-refractivity contribution in [3.63, 3.8) is 0 Å². The second-order valence-corrected chi connectivity index (χ2v) is 4.35. The molecule has 0 spiro atoms. The Balaban J connectivity index is 2.54. The normalized spacial score (nSPS) is 12.2. The van der Waals surface area contributed by atoms with E-state index in [1.165, 1.54) is 11.1 Å². The van der Waals surface area contributed by atoms with E-state index in [4.69, 9.17) is 0 Å². The number of hydrogen-bond acceptors (Lipinski definition) is 2. The lowest BCUT2D eigenvalue weighted by molar-refractivity contribution is -0.121. The van der Waals surface area contributed by atoms with Gasteiger partial charge in [0.25, 0.3) is 0 Å². The fourth-order valence-electron chi connectivity index (χ4n) is 1.69. The van der Waals surface area contributed by atoms with Gasteiger partial charge in [-0.05, 0) is 43.9 Å². The first kappa shape index (κ1) is 13.7. The topological polar surface area (TPSA) is 49.3 Å². The van der Waals surface area contributed by atoms with Gasteiger partial charge in [-0.15, -0.1) is 0 Å². The average Bonchev–Trinajstić information content (AvgIpc) is 2.30. The zero-order chi connectivity index (χ0) is 12.8. The Hall–Kier alpha value is -1.35. The second kappa shape index (κ2) is 6.40. The number of aryl methyl sites for hydroxylation is 2. The first-order chi connectivity index (χ1) is 8.04. The summed E-state index contributed by atoms with van der Waals surface area (Å²) in [6.45, 7) is 6.59. The predicted molar refractivity (Wildman–Crippen MR) is 68.8 cm³/mol. The van der Waals surface area contributed by atoms with Crippen LogP contribution in [0.4, 0.5) is 0 Å². The highest BCUT2D eigenvalue weighted by Crippen LogP contribution is 2.20. The van der Waals surface area contributed by atoms with Crippen LogP contribution in [0, 0.1) is 13.8 Å². The van der Waals surface area contributed by atoms with Crippen molar-refractivity contribution in [2.24, 2.45) is 0 Å². The molecule has 0 aromatic heterocycles. The molecule has 0 aliphatic carbocycles. The van der Waals surface area contributed by atoms with Crippen molar-refractivity contribution >= 4 is 5.91 Å². The summed E-state index contributed by atoms with van der Waals surface area (Å²) in [6, 6.07) is 5.91. The molecule has 0 aliphatic rings. The van der Waals surface area contributed by atoms with E-state index in [2.05, 4.69) is 5.32 Å². The molecule has 0 fully saturated rings. The molecule has 3 nitrogen and oxygen atoms in total. The molecule has 1 aromatic carbocycles. The number of amides is 1. The molecule has 0 bridgehead atoms. The number of benzene rings is 1. The summed E-state index contributed by atoms with van der Waals surface area (Å²) in [4.78, 5) is 11.3. The van der Waals surface area contributed by atoms with Crippen LogP contribution >= 0.6 is 0 Å². The van der Waals surface area contributed by atoms with Gasteiger partial charge in [0.1, 0.15) is 0 Å². The molecule has 1 atom stereocenters. The quantitative estimate of drug-likeness (QED) is 0.822. The molecule has 0 aliphatic heterocycles. The van der Waals surface area contributed by atoms with E-state index >= 15 is 0 Å². The number of carbonyl (C=O) groups excluding carboxylic acids is 1. The molecule has 0 heterocycles. The van der Waals surface area contributed by atoms with Crippen LogP contribution in [-0.2, 0) is 4.79 Å². The minimum Gasteiger partial charge on any atom is -0.388 e. The SMILES string of the molecule is CCNC(=O)CCC(O)c1ccc(C)c(C)c1. The maximum Gasteiger partial charge on any atom is 0.220 e. The van der Waals surface area contributed by atoms with Crippen molar-refractivity contribution in [3.05, 3.63) is 34.9 Å². The third-order valence-electron chi connectivity index (χ3n) is 2.93. The minimum absolute atomic E-state index is 0.00427. The number of hydrogen-bond donors (Lipinski definition) is 2. The van der Waals surface area contributed by atoms with E-state index < -0.39 is 6.10 Å². The molecule has 1 amide bonds. The second-order valence-electron chi connectivity index (χ2n) is 4.35. The molecule has 1 unspecified atom stereocenters. The summed E-state index contributed by atoms with van der Waals surface area (Å²) in [6.07, 6.45) is 0.271. The van der Waals surface area contributed by atoms with Crippen molar-refractivity contribution in [1.29, 1.82) is 0 Å². The number of carbonyl (C=O) groups is 1. The maximum atomic E-state index is 11.3. The van der Waals surface area contributed by atoms with E-state index in [1.807, 2.05) is 39.0 Å². The van der Waals surface area contributed by atoms with Crippen LogP contribution in [0.1, 0.15) is 42.6 Å². The molecule has 0 radical (unpaired) electrons. The van der Waals surface area contributed by atoms with Gasteiger partial charge in [-0.25, -0.2) is 0 Å². The van der Waals surface area contributed by atoms with Crippen LogP contribution < -0.4 is 5.32 Å². The van der Waals surface area contributed by atoms with Crippen molar-refractivity contribution in [3.8, 4) is 0 Å². The van der Waals surface area contributed by atoms with Gasteiger partial charge in [0.2, 0.25) is 5.91 Å². The van der Waals surface area contributed by atoms with Crippen LogP contribution in [-0.4, -0.2) is 17.6 Å². The van der Waals surface area contributed by atoms with E-state index in [0.717, 1.165) is 5.56 Å². The molecular weight excluding hydrogens is 214 g/mol. The zero-order valence-corrected chi connectivity index (χ0v) is 10.8. The van der Waals surface area contributed by atoms with Gasteiger partial charge >= 0.3 is 0 Å². The molecule has 94 valence electrons. The van der Waals surface area contributed by atoms with Crippen molar-refractivity contribution in [2.75, 3.05) is 6.54 Å². The Bertz CT molecular complexity index is 388. The lowest BCUT2D eigenvalue weighted by Crippen LogP contribution is -2.22. The smallest absolute Gasteiger partial charge is 0.220 e. The van der Waals surface area contributed by atoms with Crippen LogP contribution in [0.25, 0.3) is 0 Å². The Labute approximate surface area is 103 Å². The van der Waals surface area contributed by atoms with Gasteiger partial charge in [-0.1, -0.05) is 18.2 Å². The van der Waals surface area contributed by atoms with Crippen molar-refractivity contribution < 1.29 is 9.90 Å². The number of nitrogens with one attached hydrogen (secondary N) is 1. The lowest BCUT2D eigenvalue weighted by atomic mass is 10.00. The van der Waals surface area contributed by atoms with Gasteiger partial charge < -0.3 is 10.4 Å². The summed E-state index contributed by atoms with van der Waals surface area (Å²) < 4.78 is 0. The van der Waals surface area contributed by atoms with E-state index in [0.29, 0.717) is 19.4 Å². The zero-order valence-electron chi connectivity index (χ0n) is 10.8. The van der Waals surface area contributed by atoms with Gasteiger partial charge in [-0.2, -0.15) is 0 Å². The molecule has 17 heavy (non-hydrogen) atoms. The first-order valence-corrected chi connectivity index (χ1v) is 6.06. The van der Waals surface area contributed by atoms with Gasteiger partial charge in [-0.3, -0.25) is 4.79 Å². The molecule has 1 aromatic rings. The number of aliphatic hydroxyl groups is 1. The Morgan fingerprint density at radius 1 is 1.35 bits per heavy atom. The van der Waals surface area contributed by atoms with Crippen LogP contribution in [0.5, 0.6) is 0 Å². The molecule has 0 saturated heterocycles. The fraction of sp³-hybridized carbons (Fsp3) is 0.500. The summed E-state index contributed by atoms with van der Waals surface area (Å²) in [7, 11) is 0. The van der Waals surface area contributed by atoms with E-state index in [1.54, 1.807) is 0 Å². The third-order valence-corrected chi connectivity index (χ3v) is 2.93. The maximum absolute atomic E-state index is 11.3. The highest BCUT2D eigenvalue weighted by Gasteiger charge is 2.10. The van der Waals surface area contributed by atoms with Crippen LogP contribution in [0.3, 0.4) is 0 Å². The Morgan fingerprint density at radius 3 is 2.65 bits per heavy atom. The average molecular weight is 235 g/mol. The van der Waals surface area contributed by atoms with Gasteiger partial charge in [0.05, 0.1) is 6.10 Å². The van der Waals surface area contributed by atoms with Crippen LogP contribution in [0.2, 0.25) is 0 Å². The Kier molecular flexibility index (Phi) is 5.16. The standard InChI is InChI=1S/C14H21NO2/c1-4-15-14(17)8-7-13(16)12-6-5-10(2)11(3)9-12/h5-6,9,13,16H,4,7-8H2,1-3H3,(H,15,17). The fourth-order valence-corrected chi connectivity index (χ4v) is 1.69. The lowest BCUT2D eigenvalue weighted by Gasteiger charge is -2.12. The van der Waals surface area contributed by atoms with Gasteiger partial charge in [0.15, 0.2) is 0 Å². The minimum atomic E-state index is -0.558. The molecule has 1 rings (SSSR count). The molecule has 2 N–H and O–H groups in total. The van der Waals surface area contributed by atoms with Crippen molar-refractivity contribution in [2.45, 2.75) is 39.7 Å². The van der Waals surface area contributed by atoms with Crippen LogP contribution in [0.15, 0.2) is 18.2 Å². The molecule has 3 heteroatoms. The summed E-state index contributed by atoms with van der Waals surface area (Å²) in [5, 5.41) is 12.7. The summed E-state index contributed by atoms with van der Waals surface area (Å²) >= 11 is 0.